The molecule has 2 aromatic rings. The lowest BCUT2D eigenvalue weighted by Gasteiger charge is -2.25. The van der Waals surface area contributed by atoms with Gasteiger partial charge in [-0.3, -0.25) is 4.79 Å². The molecule has 0 saturated carbocycles. The molecule has 0 bridgehead atoms. The Kier molecular flexibility index (Phi) is 4.55. The van der Waals surface area contributed by atoms with Crippen LogP contribution in [0.3, 0.4) is 0 Å². The molecule has 6 heteroatoms. The van der Waals surface area contributed by atoms with Gasteiger partial charge in [0.05, 0.1) is 13.2 Å². The lowest BCUT2D eigenvalue weighted by Crippen LogP contribution is -2.26. The van der Waals surface area contributed by atoms with Gasteiger partial charge in [-0.15, -0.1) is 0 Å². The number of carbonyl (C=O) groups excluding carboxylic acids is 1. The van der Waals surface area contributed by atoms with Crippen LogP contribution in [0, 0.1) is 6.92 Å². The number of furan rings is 1. The Morgan fingerprint density at radius 1 is 1.33 bits per heavy atom. The fraction of sp³-hybridized carbons (Fsp3) is 0.333. The van der Waals surface area contributed by atoms with Crippen LogP contribution in [0.15, 0.2) is 34.7 Å². The maximum absolute atomic E-state index is 12.2. The van der Waals surface area contributed by atoms with E-state index in [1.165, 1.54) is 6.07 Å². The average molecular weight is 329 g/mol. The molecule has 1 amide bonds. The van der Waals surface area contributed by atoms with Crippen molar-refractivity contribution in [3.63, 3.8) is 0 Å². The van der Waals surface area contributed by atoms with Crippen LogP contribution in [-0.4, -0.2) is 23.6 Å². The summed E-state index contributed by atoms with van der Waals surface area (Å²) in [6, 6.07) is 9.21. The highest BCUT2D eigenvalue weighted by Crippen LogP contribution is 2.35. The number of ether oxygens (including phenoxy) is 1. The number of hydrogen-bond acceptors (Lipinski definition) is 4. The number of carboxylic acids is 1. The number of para-hydroxylation sites is 1. The smallest absolute Gasteiger partial charge is 0.339 e. The number of carbonyl (C=O) groups is 2. The maximum Gasteiger partial charge on any atom is 0.339 e. The second-order valence-corrected chi connectivity index (χ2v) is 5.84. The first-order valence-corrected chi connectivity index (χ1v) is 7.85. The van der Waals surface area contributed by atoms with E-state index in [9.17, 15) is 9.59 Å². The first-order valence-electron chi connectivity index (χ1n) is 7.85. The molecule has 0 aliphatic carbocycles. The fourth-order valence-electron chi connectivity index (χ4n) is 2.95. The Balaban J connectivity index is 1.59. The van der Waals surface area contributed by atoms with Crippen molar-refractivity contribution < 1.29 is 23.8 Å². The van der Waals surface area contributed by atoms with E-state index < -0.39 is 5.97 Å². The van der Waals surface area contributed by atoms with Gasteiger partial charge in [-0.05, 0) is 37.0 Å². The summed E-state index contributed by atoms with van der Waals surface area (Å²) in [7, 11) is 0. The second kappa shape index (κ2) is 6.78. The van der Waals surface area contributed by atoms with E-state index in [2.05, 4.69) is 5.32 Å². The van der Waals surface area contributed by atoms with Crippen LogP contribution >= 0.6 is 0 Å². The van der Waals surface area contributed by atoms with E-state index in [1.54, 1.807) is 6.92 Å². The van der Waals surface area contributed by atoms with Gasteiger partial charge >= 0.3 is 5.97 Å². The summed E-state index contributed by atoms with van der Waals surface area (Å²) in [5.41, 5.74) is 1.18. The summed E-state index contributed by atoms with van der Waals surface area (Å²) in [4.78, 5) is 23.2. The molecule has 1 aromatic heterocycles. The number of benzene rings is 1. The zero-order valence-electron chi connectivity index (χ0n) is 13.4. The van der Waals surface area contributed by atoms with Crippen molar-refractivity contribution in [1.82, 2.24) is 5.32 Å². The van der Waals surface area contributed by atoms with E-state index in [0.717, 1.165) is 17.7 Å². The van der Waals surface area contributed by atoms with Crippen molar-refractivity contribution in [2.45, 2.75) is 32.2 Å². The molecule has 0 radical (unpaired) electrons. The van der Waals surface area contributed by atoms with E-state index in [-0.39, 0.29) is 23.9 Å². The monoisotopic (exact) mass is 329 g/mol. The molecule has 126 valence electrons. The summed E-state index contributed by atoms with van der Waals surface area (Å²) in [6.45, 7) is 2.37. The Morgan fingerprint density at radius 2 is 2.12 bits per heavy atom. The molecule has 2 N–H and O–H groups in total. The third-order valence-corrected chi connectivity index (χ3v) is 4.17. The quantitative estimate of drug-likeness (QED) is 0.880. The van der Waals surface area contributed by atoms with Crippen LogP contribution in [0.25, 0.3) is 0 Å². The summed E-state index contributed by atoms with van der Waals surface area (Å²) < 4.78 is 11.0. The van der Waals surface area contributed by atoms with Gasteiger partial charge in [-0.25, -0.2) is 4.79 Å². The van der Waals surface area contributed by atoms with Gasteiger partial charge in [-0.2, -0.15) is 0 Å². The molecular weight excluding hydrogens is 310 g/mol. The molecule has 0 saturated heterocycles. The third-order valence-electron chi connectivity index (χ3n) is 4.17. The minimum atomic E-state index is -1.03. The lowest BCUT2D eigenvalue weighted by atomic mass is 9.90. The molecule has 0 unspecified atom stereocenters. The molecular formula is C18H19NO5. The van der Waals surface area contributed by atoms with Crippen molar-refractivity contribution in [2.24, 2.45) is 0 Å². The predicted molar refractivity (Wildman–Crippen MR) is 86.2 cm³/mol. The zero-order valence-corrected chi connectivity index (χ0v) is 13.4. The molecule has 3 rings (SSSR count). The summed E-state index contributed by atoms with van der Waals surface area (Å²) in [5.74, 6) is 0.614. The minimum Gasteiger partial charge on any atom is -0.493 e. The molecule has 2 heterocycles. The fourth-order valence-corrected chi connectivity index (χ4v) is 2.95. The third kappa shape index (κ3) is 3.42. The van der Waals surface area contributed by atoms with Gasteiger partial charge in [-0.1, -0.05) is 18.2 Å². The molecule has 1 aliphatic rings. The van der Waals surface area contributed by atoms with Gasteiger partial charge < -0.3 is 19.6 Å². The highest BCUT2D eigenvalue weighted by molar-refractivity contribution is 5.88. The predicted octanol–water partition coefficient (Wildman–Crippen LogP) is 2.86. The topological polar surface area (TPSA) is 88.8 Å². The van der Waals surface area contributed by atoms with Crippen LogP contribution in [0.1, 0.15) is 46.2 Å². The molecule has 1 atom stereocenters. The number of nitrogens with one attached hydrogen (secondary N) is 1. The number of rotatable bonds is 5. The molecule has 6 nitrogen and oxygen atoms in total. The number of amides is 1. The molecule has 1 aromatic carbocycles. The van der Waals surface area contributed by atoms with Gasteiger partial charge in [0.1, 0.15) is 22.8 Å². The number of hydrogen-bond donors (Lipinski definition) is 2. The molecule has 1 aliphatic heterocycles. The molecule has 24 heavy (non-hydrogen) atoms. The standard InChI is InChI=1S/C18H19NO5/c1-11-15(18(21)22)9-13(24-11)10-19-17(20)8-12-6-7-23-16-5-3-2-4-14(12)16/h2-5,9,12H,6-8,10H2,1H3,(H,19,20)(H,21,22)/t12-/m1/s1. The highest BCUT2D eigenvalue weighted by atomic mass is 16.5. The number of aromatic carboxylic acids is 1. The molecule has 0 fully saturated rings. The molecule has 0 spiro atoms. The van der Waals surface area contributed by atoms with E-state index in [0.29, 0.717) is 24.5 Å². The first-order chi connectivity index (χ1) is 11.5. The number of carboxylic acid groups (broad SMARTS) is 1. The Morgan fingerprint density at radius 3 is 2.88 bits per heavy atom. The van der Waals surface area contributed by atoms with Gasteiger partial charge in [0.2, 0.25) is 5.91 Å². The lowest BCUT2D eigenvalue weighted by molar-refractivity contribution is -0.121. The minimum absolute atomic E-state index is 0.0948. The second-order valence-electron chi connectivity index (χ2n) is 5.84. The number of fused-ring (bicyclic) bond motifs is 1. The van der Waals surface area contributed by atoms with E-state index >= 15 is 0 Å². The van der Waals surface area contributed by atoms with Gasteiger partial charge in [0.15, 0.2) is 0 Å². The SMILES string of the molecule is Cc1oc(CNC(=O)C[C@H]2CCOc3ccccc32)cc1C(=O)O. The van der Waals surface area contributed by atoms with Crippen LogP contribution in [-0.2, 0) is 11.3 Å². The normalized spacial score (nSPS) is 16.1. The van der Waals surface area contributed by atoms with Crippen LogP contribution in [0.4, 0.5) is 0 Å². The van der Waals surface area contributed by atoms with Crippen molar-refractivity contribution >= 4 is 11.9 Å². The van der Waals surface area contributed by atoms with Crippen LogP contribution in [0.5, 0.6) is 5.75 Å². The zero-order chi connectivity index (χ0) is 17.1. The van der Waals surface area contributed by atoms with Crippen molar-refractivity contribution in [3.8, 4) is 5.75 Å². The van der Waals surface area contributed by atoms with E-state index in [1.807, 2.05) is 24.3 Å². The Labute approximate surface area is 139 Å². The number of aryl methyl sites for hydroxylation is 1. The first kappa shape index (κ1) is 16.1. The van der Waals surface area contributed by atoms with Gasteiger partial charge in [0, 0.05) is 6.42 Å². The Hall–Kier alpha value is -2.76. The van der Waals surface area contributed by atoms with Crippen molar-refractivity contribution in [1.29, 1.82) is 0 Å². The highest BCUT2D eigenvalue weighted by Gasteiger charge is 2.23. The summed E-state index contributed by atoms with van der Waals surface area (Å²) in [5, 5.41) is 11.8. The van der Waals surface area contributed by atoms with E-state index in [4.69, 9.17) is 14.3 Å². The largest absolute Gasteiger partial charge is 0.493 e. The maximum atomic E-state index is 12.2. The Bertz CT molecular complexity index is 765. The average Bonchev–Trinajstić information content (AvgIpc) is 2.94. The van der Waals surface area contributed by atoms with Gasteiger partial charge in [0.25, 0.3) is 0 Å². The van der Waals surface area contributed by atoms with Crippen molar-refractivity contribution in [3.05, 3.63) is 53.0 Å². The summed E-state index contributed by atoms with van der Waals surface area (Å²) >= 11 is 0. The van der Waals surface area contributed by atoms with Crippen LogP contribution in [0.2, 0.25) is 0 Å². The van der Waals surface area contributed by atoms with Crippen LogP contribution < -0.4 is 10.1 Å². The van der Waals surface area contributed by atoms with Crippen molar-refractivity contribution in [2.75, 3.05) is 6.61 Å². The summed E-state index contributed by atoms with van der Waals surface area (Å²) in [6.07, 6.45) is 1.17.